The van der Waals surface area contributed by atoms with Crippen molar-refractivity contribution in [3.63, 3.8) is 0 Å². The van der Waals surface area contributed by atoms with E-state index in [1.165, 1.54) is 58.0 Å². The molecule has 124 valence electrons. The average molecular weight is 296 g/mol. The van der Waals surface area contributed by atoms with Crippen molar-refractivity contribution >= 4 is 0 Å². The summed E-state index contributed by atoms with van der Waals surface area (Å²) in [4.78, 5) is 2.84. The summed E-state index contributed by atoms with van der Waals surface area (Å²) in [6.07, 6.45) is 9.49. The molecule has 1 saturated carbocycles. The van der Waals surface area contributed by atoms with E-state index in [-0.39, 0.29) is 0 Å². The molecule has 0 radical (unpaired) electrons. The van der Waals surface area contributed by atoms with Crippen LogP contribution in [0.4, 0.5) is 0 Å². The van der Waals surface area contributed by atoms with Crippen LogP contribution in [0.2, 0.25) is 0 Å². The number of ether oxygens (including phenoxy) is 1. The third-order valence-corrected chi connectivity index (χ3v) is 5.48. The third kappa shape index (κ3) is 5.22. The van der Waals surface area contributed by atoms with E-state index in [9.17, 15) is 0 Å². The van der Waals surface area contributed by atoms with Crippen molar-refractivity contribution in [2.24, 2.45) is 11.3 Å². The normalized spacial score (nSPS) is 23.3. The van der Waals surface area contributed by atoms with E-state index in [2.05, 4.69) is 31.1 Å². The zero-order valence-corrected chi connectivity index (χ0v) is 14.5. The Morgan fingerprint density at radius 1 is 1.19 bits per heavy atom. The van der Waals surface area contributed by atoms with Crippen LogP contribution in [0.5, 0.6) is 0 Å². The molecule has 0 bridgehead atoms. The lowest BCUT2D eigenvalue weighted by Gasteiger charge is -2.43. The highest BCUT2D eigenvalue weighted by molar-refractivity contribution is 4.90. The molecule has 21 heavy (non-hydrogen) atoms. The average Bonchev–Trinajstić information content (AvgIpc) is 2.99. The Morgan fingerprint density at radius 2 is 1.86 bits per heavy atom. The molecule has 2 fully saturated rings. The Hall–Kier alpha value is -0.120. The highest BCUT2D eigenvalue weighted by Gasteiger charge is 2.36. The maximum atomic E-state index is 5.63. The number of nitrogens with zero attached hydrogens (tertiary/aromatic N) is 1. The largest absolute Gasteiger partial charge is 0.381 e. The van der Waals surface area contributed by atoms with Crippen LogP contribution < -0.4 is 5.32 Å². The van der Waals surface area contributed by atoms with E-state index in [0.29, 0.717) is 5.41 Å². The minimum atomic E-state index is 0.437. The SMILES string of the molecule is CNCC1(CN(CCC(C)C)C2CCCC2)CCOCC1. The van der Waals surface area contributed by atoms with Crippen molar-refractivity contribution in [2.75, 3.05) is 39.9 Å². The highest BCUT2D eigenvalue weighted by Crippen LogP contribution is 2.34. The van der Waals surface area contributed by atoms with E-state index in [1.807, 2.05) is 0 Å². The van der Waals surface area contributed by atoms with Crippen molar-refractivity contribution in [2.45, 2.75) is 64.8 Å². The molecule has 0 aromatic carbocycles. The van der Waals surface area contributed by atoms with Crippen molar-refractivity contribution in [1.82, 2.24) is 10.2 Å². The van der Waals surface area contributed by atoms with Crippen molar-refractivity contribution in [3.8, 4) is 0 Å². The van der Waals surface area contributed by atoms with Crippen LogP contribution in [0.1, 0.15) is 58.8 Å². The Kier molecular flexibility index (Phi) is 6.97. The smallest absolute Gasteiger partial charge is 0.0472 e. The molecule has 0 aromatic rings. The molecule has 1 N–H and O–H groups in total. The monoisotopic (exact) mass is 296 g/mol. The molecule has 1 aliphatic heterocycles. The minimum absolute atomic E-state index is 0.437. The summed E-state index contributed by atoms with van der Waals surface area (Å²) in [7, 11) is 2.10. The van der Waals surface area contributed by atoms with Crippen LogP contribution in [-0.4, -0.2) is 50.8 Å². The maximum Gasteiger partial charge on any atom is 0.0472 e. The highest BCUT2D eigenvalue weighted by atomic mass is 16.5. The van der Waals surface area contributed by atoms with Gasteiger partial charge in [-0.2, -0.15) is 0 Å². The molecular formula is C18H36N2O. The Labute approximate surface area is 131 Å². The fourth-order valence-corrected chi connectivity index (χ4v) is 4.09. The molecule has 0 aromatic heterocycles. The van der Waals surface area contributed by atoms with Gasteiger partial charge in [-0.3, -0.25) is 4.90 Å². The summed E-state index contributed by atoms with van der Waals surface area (Å²) < 4.78 is 5.63. The summed E-state index contributed by atoms with van der Waals surface area (Å²) in [6, 6.07) is 0.848. The van der Waals surface area contributed by atoms with Gasteiger partial charge >= 0.3 is 0 Å². The molecule has 3 heteroatoms. The van der Waals surface area contributed by atoms with Crippen LogP contribution in [0.15, 0.2) is 0 Å². The predicted octanol–water partition coefficient (Wildman–Crippen LogP) is 3.29. The van der Waals surface area contributed by atoms with Gasteiger partial charge in [0, 0.05) is 32.3 Å². The Morgan fingerprint density at radius 3 is 2.43 bits per heavy atom. The Bertz CT molecular complexity index is 275. The molecule has 2 rings (SSSR count). The molecule has 0 unspecified atom stereocenters. The van der Waals surface area contributed by atoms with Crippen LogP contribution in [0.3, 0.4) is 0 Å². The quantitative estimate of drug-likeness (QED) is 0.744. The van der Waals surface area contributed by atoms with Gasteiger partial charge in [0.15, 0.2) is 0 Å². The first kappa shape index (κ1) is 17.2. The first-order valence-electron chi connectivity index (χ1n) is 9.12. The number of rotatable bonds is 8. The second-order valence-corrected chi connectivity index (χ2v) is 7.73. The molecule has 3 nitrogen and oxygen atoms in total. The number of hydrogen-bond donors (Lipinski definition) is 1. The van der Waals surface area contributed by atoms with Gasteiger partial charge in [0.2, 0.25) is 0 Å². The molecule has 1 saturated heterocycles. The molecule has 1 aliphatic carbocycles. The summed E-state index contributed by atoms with van der Waals surface area (Å²) in [5.74, 6) is 0.809. The van der Waals surface area contributed by atoms with Crippen molar-refractivity contribution < 1.29 is 4.74 Å². The molecule has 0 amide bonds. The molecule has 1 heterocycles. The van der Waals surface area contributed by atoms with Crippen LogP contribution in [0.25, 0.3) is 0 Å². The van der Waals surface area contributed by atoms with Gasteiger partial charge in [0.1, 0.15) is 0 Å². The van der Waals surface area contributed by atoms with Gasteiger partial charge in [-0.05, 0) is 57.0 Å². The van der Waals surface area contributed by atoms with E-state index in [4.69, 9.17) is 4.74 Å². The fraction of sp³-hybridized carbons (Fsp3) is 1.00. The van der Waals surface area contributed by atoms with Gasteiger partial charge in [0.25, 0.3) is 0 Å². The second kappa shape index (κ2) is 8.50. The van der Waals surface area contributed by atoms with Crippen LogP contribution >= 0.6 is 0 Å². The fourth-order valence-electron chi connectivity index (χ4n) is 4.09. The first-order valence-corrected chi connectivity index (χ1v) is 9.12. The van der Waals surface area contributed by atoms with Gasteiger partial charge in [-0.1, -0.05) is 26.7 Å². The number of nitrogens with one attached hydrogen (secondary N) is 1. The zero-order chi connectivity index (χ0) is 15.1. The Balaban J connectivity index is 1.99. The summed E-state index contributed by atoms with van der Waals surface area (Å²) in [5.41, 5.74) is 0.437. The van der Waals surface area contributed by atoms with Crippen molar-refractivity contribution in [1.29, 1.82) is 0 Å². The van der Waals surface area contributed by atoms with Gasteiger partial charge in [-0.15, -0.1) is 0 Å². The predicted molar refractivity (Wildman–Crippen MR) is 89.7 cm³/mol. The van der Waals surface area contributed by atoms with Crippen LogP contribution in [-0.2, 0) is 4.74 Å². The van der Waals surface area contributed by atoms with E-state index >= 15 is 0 Å². The molecule has 2 aliphatic rings. The first-order chi connectivity index (χ1) is 10.2. The van der Waals surface area contributed by atoms with E-state index in [1.54, 1.807) is 0 Å². The summed E-state index contributed by atoms with van der Waals surface area (Å²) in [6.45, 7) is 10.3. The minimum Gasteiger partial charge on any atom is -0.381 e. The molecule has 0 spiro atoms. The van der Waals surface area contributed by atoms with Crippen LogP contribution in [0, 0.1) is 11.3 Å². The summed E-state index contributed by atoms with van der Waals surface area (Å²) in [5, 5.41) is 3.46. The summed E-state index contributed by atoms with van der Waals surface area (Å²) >= 11 is 0. The number of hydrogen-bond acceptors (Lipinski definition) is 3. The molecular weight excluding hydrogens is 260 g/mol. The van der Waals surface area contributed by atoms with E-state index in [0.717, 1.165) is 31.7 Å². The standard InChI is InChI=1S/C18H36N2O/c1-16(2)8-11-20(17-6-4-5-7-17)15-18(14-19-3)9-12-21-13-10-18/h16-17,19H,4-15H2,1-3H3. The lowest BCUT2D eigenvalue weighted by molar-refractivity contribution is -0.0116. The lowest BCUT2D eigenvalue weighted by atomic mass is 9.79. The van der Waals surface area contributed by atoms with Gasteiger partial charge in [0.05, 0.1) is 0 Å². The van der Waals surface area contributed by atoms with Crippen molar-refractivity contribution in [3.05, 3.63) is 0 Å². The third-order valence-electron chi connectivity index (χ3n) is 5.48. The lowest BCUT2D eigenvalue weighted by Crippen LogP contribution is -2.49. The maximum absolute atomic E-state index is 5.63. The van der Waals surface area contributed by atoms with E-state index < -0.39 is 0 Å². The topological polar surface area (TPSA) is 24.5 Å². The van der Waals surface area contributed by atoms with Gasteiger partial charge in [-0.25, -0.2) is 0 Å². The second-order valence-electron chi connectivity index (χ2n) is 7.73. The van der Waals surface area contributed by atoms with Gasteiger partial charge < -0.3 is 10.1 Å². The zero-order valence-electron chi connectivity index (χ0n) is 14.5. The molecule has 0 atom stereocenters.